The molecule has 114 valence electrons. The van der Waals surface area contributed by atoms with Gasteiger partial charge in [0, 0.05) is 13.5 Å². The number of nitrogens with zero attached hydrogens (tertiary/aromatic N) is 2. The maximum atomic E-state index is 12.2. The molecule has 0 amide bonds. The number of aryl methyl sites for hydroxylation is 1. The van der Waals surface area contributed by atoms with Crippen LogP contribution in [0.5, 0.6) is 0 Å². The third-order valence-corrected chi connectivity index (χ3v) is 4.22. The molecule has 0 bridgehead atoms. The molecule has 0 radical (unpaired) electrons. The summed E-state index contributed by atoms with van der Waals surface area (Å²) in [5.74, 6) is 1.69. The van der Waals surface area contributed by atoms with Crippen LogP contribution in [0.25, 0.3) is 11.0 Å². The van der Waals surface area contributed by atoms with Crippen LogP contribution in [0.3, 0.4) is 0 Å². The van der Waals surface area contributed by atoms with E-state index in [1.807, 2.05) is 35.9 Å². The van der Waals surface area contributed by atoms with Crippen molar-refractivity contribution < 1.29 is 4.79 Å². The number of Topliss-reactive ketones (excluding diaryl/α,β-unsaturated/α-hetero) is 1. The zero-order valence-electron chi connectivity index (χ0n) is 13.0. The third-order valence-electron chi connectivity index (χ3n) is 4.22. The lowest BCUT2D eigenvalue weighted by Crippen LogP contribution is -2.12. The summed E-state index contributed by atoms with van der Waals surface area (Å²) in [7, 11) is 1.97. The largest absolute Gasteiger partial charge is 0.331 e. The van der Waals surface area contributed by atoms with Crippen molar-refractivity contribution in [2.24, 2.45) is 18.7 Å². The molecule has 0 aliphatic rings. The predicted molar refractivity (Wildman–Crippen MR) is 86.1 cm³/mol. The number of carbonyl (C=O) groups is 1. The number of imidazole rings is 1. The number of rotatable bonds is 8. The lowest BCUT2D eigenvalue weighted by Gasteiger charge is -2.12. The fourth-order valence-corrected chi connectivity index (χ4v) is 2.77. The van der Waals surface area contributed by atoms with Crippen LogP contribution in [-0.4, -0.2) is 21.9 Å². The second-order valence-corrected chi connectivity index (χ2v) is 5.68. The van der Waals surface area contributed by atoms with Crippen molar-refractivity contribution in [1.29, 1.82) is 0 Å². The quantitative estimate of drug-likeness (QED) is 0.812. The molecule has 1 atom stereocenters. The molecule has 0 saturated carbocycles. The minimum absolute atomic E-state index is 0.267. The van der Waals surface area contributed by atoms with Crippen LogP contribution in [0.15, 0.2) is 24.3 Å². The van der Waals surface area contributed by atoms with Crippen LogP contribution in [0.2, 0.25) is 0 Å². The zero-order chi connectivity index (χ0) is 15.2. The summed E-state index contributed by atoms with van der Waals surface area (Å²) in [5.41, 5.74) is 7.63. The van der Waals surface area contributed by atoms with E-state index in [1.54, 1.807) is 0 Å². The van der Waals surface area contributed by atoms with Gasteiger partial charge in [-0.25, -0.2) is 4.98 Å². The van der Waals surface area contributed by atoms with Crippen LogP contribution in [-0.2, 0) is 18.3 Å². The summed E-state index contributed by atoms with van der Waals surface area (Å²) >= 11 is 0. The van der Waals surface area contributed by atoms with Crippen molar-refractivity contribution in [1.82, 2.24) is 9.55 Å². The van der Waals surface area contributed by atoms with Crippen molar-refractivity contribution >= 4 is 16.8 Å². The molecule has 0 fully saturated rings. The summed E-state index contributed by atoms with van der Waals surface area (Å²) in [4.78, 5) is 16.7. The monoisotopic (exact) mass is 287 g/mol. The lowest BCUT2D eigenvalue weighted by atomic mass is 9.95. The van der Waals surface area contributed by atoms with Crippen molar-refractivity contribution in [2.45, 2.75) is 39.0 Å². The first kappa shape index (κ1) is 15.7. The maximum absolute atomic E-state index is 12.2. The van der Waals surface area contributed by atoms with Gasteiger partial charge in [-0.15, -0.1) is 0 Å². The predicted octanol–water partition coefficient (Wildman–Crippen LogP) is 2.84. The van der Waals surface area contributed by atoms with Crippen LogP contribution < -0.4 is 5.73 Å². The Morgan fingerprint density at radius 3 is 2.76 bits per heavy atom. The van der Waals surface area contributed by atoms with E-state index in [0.29, 0.717) is 25.3 Å². The van der Waals surface area contributed by atoms with Crippen molar-refractivity contribution in [2.75, 3.05) is 6.54 Å². The Kier molecular flexibility index (Phi) is 5.51. The molecular weight excluding hydrogens is 262 g/mol. The van der Waals surface area contributed by atoms with Gasteiger partial charge >= 0.3 is 0 Å². The normalized spacial score (nSPS) is 12.7. The van der Waals surface area contributed by atoms with E-state index < -0.39 is 0 Å². The molecule has 0 aliphatic heterocycles. The highest BCUT2D eigenvalue weighted by Gasteiger charge is 2.13. The van der Waals surface area contributed by atoms with Gasteiger partial charge < -0.3 is 10.3 Å². The minimum atomic E-state index is 0.267. The second kappa shape index (κ2) is 7.36. The van der Waals surface area contributed by atoms with Crippen molar-refractivity contribution in [3.8, 4) is 0 Å². The van der Waals surface area contributed by atoms with E-state index in [-0.39, 0.29) is 5.78 Å². The SMILES string of the molecule is CCC(CCN)CCC(=O)Cc1nc2ccccc2n1C. The highest BCUT2D eigenvalue weighted by Crippen LogP contribution is 2.17. The second-order valence-electron chi connectivity index (χ2n) is 5.68. The number of ketones is 1. The van der Waals surface area contributed by atoms with E-state index >= 15 is 0 Å². The number of benzene rings is 1. The van der Waals surface area contributed by atoms with Gasteiger partial charge in [-0.05, 0) is 37.4 Å². The number of para-hydroxylation sites is 2. The molecule has 0 saturated heterocycles. The maximum Gasteiger partial charge on any atom is 0.140 e. The Bertz CT molecular complexity index is 603. The van der Waals surface area contributed by atoms with Crippen LogP contribution in [0.1, 0.15) is 38.4 Å². The van der Waals surface area contributed by atoms with E-state index in [9.17, 15) is 4.79 Å². The van der Waals surface area contributed by atoms with Crippen LogP contribution >= 0.6 is 0 Å². The Hall–Kier alpha value is -1.68. The van der Waals surface area contributed by atoms with Gasteiger partial charge in [0.25, 0.3) is 0 Å². The van der Waals surface area contributed by atoms with Gasteiger partial charge in [0.1, 0.15) is 11.6 Å². The van der Waals surface area contributed by atoms with Gasteiger partial charge in [0.05, 0.1) is 17.5 Å². The Morgan fingerprint density at radius 1 is 1.33 bits per heavy atom. The highest BCUT2D eigenvalue weighted by atomic mass is 16.1. The molecule has 1 heterocycles. The molecule has 1 aromatic heterocycles. The van der Waals surface area contributed by atoms with Crippen LogP contribution in [0, 0.1) is 5.92 Å². The smallest absolute Gasteiger partial charge is 0.140 e. The molecule has 1 aromatic carbocycles. The zero-order valence-corrected chi connectivity index (χ0v) is 13.0. The van der Waals surface area contributed by atoms with Gasteiger partial charge in [0.2, 0.25) is 0 Å². The molecule has 2 aromatic rings. The Morgan fingerprint density at radius 2 is 2.10 bits per heavy atom. The number of nitrogens with two attached hydrogens (primary N) is 1. The van der Waals surface area contributed by atoms with Crippen molar-refractivity contribution in [3.63, 3.8) is 0 Å². The van der Waals surface area contributed by atoms with Crippen molar-refractivity contribution in [3.05, 3.63) is 30.1 Å². The van der Waals surface area contributed by atoms with E-state index in [0.717, 1.165) is 36.1 Å². The fraction of sp³-hybridized carbons (Fsp3) is 0.529. The first-order valence-corrected chi connectivity index (χ1v) is 7.77. The van der Waals surface area contributed by atoms with E-state index in [4.69, 9.17) is 5.73 Å². The molecule has 0 aliphatic carbocycles. The summed E-state index contributed by atoms with van der Waals surface area (Å²) in [5, 5.41) is 0. The Balaban J connectivity index is 1.96. The molecule has 4 heteroatoms. The molecular formula is C17H25N3O. The molecule has 1 unspecified atom stereocenters. The van der Waals surface area contributed by atoms with Gasteiger partial charge in [0.15, 0.2) is 0 Å². The standard InChI is InChI=1S/C17H25N3O/c1-3-13(10-11-18)8-9-14(21)12-17-19-15-6-4-5-7-16(15)20(17)2/h4-7,13H,3,8-12,18H2,1-2H3. The topological polar surface area (TPSA) is 60.9 Å². The molecule has 4 nitrogen and oxygen atoms in total. The summed E-state index contributed by atoms with van der Waals surface area (Å²) in [6.45, 7) is 2.87. The highest BCUT2D eigenvalue weighted by molar-refractivity contribution is 5.82. The number of hydrogen-bond acceptors (Lipinski definition) is 3. The number of hydrogen-bond donors (Lipinski definition) is 1. The average Bonchev–Trinajstić information content (AvgIpc) is 2.80. The summed E-state index contributed by atoms with van der Waals surface area (Å²) < 4.78 is 2.02. The minimum Gasteiger partial charge on any atom is -0.331 e. The first-order chi connectivity index (χ1) is 10.2. The average molecular weight is 287 g/mol. The van der Waals surface area contributed by atoms with E-state index in [1.165, 1.54) is 0 Å². The van der Waals surface area contributed by atoms with Gasteiger partial charge in [-0.1, -0.05) is 25.5 Å². The number of fused-ring (bicyclic) bond motifs is 1. The van der Waals surface area contributed by atoms with Crippen LogP contribution in [0.4, 0.5) is 0 Å². The molecule has 0 spiro atoms. The molecule has 21 heavy (non-hydrogen) atoms. The molecule has 2 N–H and O–H groups in total. The number of aromatic nitrogens is 2. The first-order valence-electron chi connectivity index (χ1n) is 7.77. The molecule has 2 rings (SSSR count). The summed E-state index contributed by atoms with van der Waals surface area (Å²) in [6.07, 6.45) is 4.09. The lowest BCUT2D eigenvalue weighted by molar-refractivity contribution is -0.118. The Labute approximate surface area is 126 Å². The van der Waals surface area contributed by atoms with Gasteiger partial charge in [-0.3, -0.25) is 4.79 Å². The summed E-state index contributed by atoms with van der Waals surface area (Å²) in [6, 6.07) is 7.98. The third kappa shape index (κ3) is 3.91. The van der Waals surface area contributed by atoms with Gasteiger partial charge in [-0.2, -0.15) is 0 Å². The van der Waals surface area contributed by atoms with E-state index in [2.05, 4.69) is 11.9 Å². The number of carbonyl (C=O) groups excluding carboxylic acids is 1. The fourth-order valence-electron chi connectivity index (χ4n) is 2.77.